The van der Waals surface area contributed by atoms with Gasteiger partial charge in [0.2, 0.25) is 0 Å². The van der Waals surface area contributed by atoms with E-state index in [1.54, 1.807) is 18.2 Å². The van der Waals surface area contributed by atoms with Crippen LogP contribution < -0.4 is 10.1 Å². The SMILES string of the molecule is CC(F)(F)c1ccccc1OC1CCNC1. The van der Waals surface area contributed by atoms with Crippen LogP contribution in [0.4, 0.5) is 8.78 Å². The molecule has 1 heterocycles. The van der Waals surface area contributed by atoms with Gasteiger partial charge in [-0.05, 0) is 25.1 Å². The van der Waals surface area contributed by atoms with Crippen molar-refractivity contribution in [2.75, 3.05) is 13.1 Å². The summed E-state index contributed by atoms with van der Waals surface area (Å²) in [5.74, 6) is -2.56. The summed E-state index contributed by atoms with van der Waals surface area (Å²) in [6.07, 6.45) is 0.868. The van der Waals surface area contributed by atoms with E-state index >= 15 is 0 Å². The molecule has 1 fully saturated rings. The summed E-state index contributed by atoms with van der Waals surface area (Å²) in [4.78, 5) is 0. The molecule has 1 atom stereocenters. The van der Waals surface area contributed by atoms with E-state index in [0.29, 0.717) is 5.75 Å². The fourth-order valence-electron chi connectivity index (χ4n) is 1.84. The molecule has 16 heavy (non-hydrogen) atoms. The first-order valence-electron chi connectivity index (χ1n) is 5.42. The van der Waals surface area contributed by atoms with Crippen molar-refractivity contribution < 1.29 is 13.5 Å². The predicted molar refractivity (Wildman–Crippen MR) is 57.9 cm³/mol. The van der Waals surface area contributed by atoms with Gasteiger partial charge in [-0.3, -0.25) is 0 Å². The van der Waals surface area contributed by atoms with E-state index in [2.05, 4.69) is 5.32 Å². The van der Waals surface area contributed by atoms with Crippen LogP contribution in [0.3, 0.4) is 0 Å². The van der Waals surface area contributed by atoms with Crippen molar-refractivity contribution in [2.45, 2.75) is 25.4 Å². The summed E-state index contributed by atoms with van der Waals surface area (Å²) in [6, 6.07) is 6.34. The molecule has 1 aromatic carbocycles. The van der Waals surface area contributed by atoms with E-state index in [9.17, 15) is 8.78 Å². The van der Waals surface area contributed by atoms with Gasteiger partial charge in [0.25, 0.3) is 5.92 Å². The van der Waals surface area contributed by atoms with Crippen LogP contribution in [-0.4, -0.2) is 19.2 Å². The molecule has 1 saturated heterocycles. The van der Waals surface area contributed by atoms with E-state index in [-0.39, 0.29) is 11.7 Å². The first-order chi connectivity index (χ1) is 7.57. The monoisotopic (exact) mass is 227 g/mol. The maximum atomic E-state index is 13.3. The van der Waals surface area contributed by atoms with Gasteiger partial charge in [0, 0.05) is 13.5 Å². The fourth-order valence-corrected chi connectivity index (χ4v) is 1.84. The second kappa shape index (κ2) is 4.37. The van der Waals surface area contributed by atoms with E-state index in [1.807, 2.05) is 0 Å². The topological polar surface area (TPSA) is 21.3 Å². The van der Waals surface area contributed by atoms with Crippen molar-refractivity contribution in [2.24, 2.45) is 0 Å². The zero-order valence-electron chi connectivity index (χ0n) is 9.17. The van der Waals surface area contributed by atoms with E-state index in [1.165, 1.54) is 6.07 Å². The minimum absolute atomic E-state index is 0.00324. The molecule has 0 aliphatic carbocycles. The van der Waals surface area contributed by atoms with Gasteiger partial charge in [-0.1, -0.05) is 12.1 Å². The Bertz CT molecular complexity index is 356. The van der Waals surface area contributed by atoms with Crippen LogP contribution in [0.25, 0.3) is 0 Å². The summed E-state index contributed by atoms with van der Waals surface area (Å²) < 4.78 is 32.2. The average Bonchev–Trinajstić information content (AvgIpc) is 2.70. The molecule has 4 heteroatoms. The Morgan fingerprint density at radius 2 is 2.12 bits per heavy atom. The zero-order chi connectivity index (χ0) is 11.6. The Balaban J connectivity index is 2.19. The van der Waals surface area contributed by atoms with Crippen LogP contribution in [-0.2, 0) is 5.92 Å². The normalized spacial score (nSPS) is 21.1. The molecule has 1 unspecified atom stereocenters. The van der Waals surface area contributed by atoms with E-state index in [4.69, 9.17) is 4.74 Å². The Labute approximate surface area is 93.6 Å². The molecule has 0 bridgehead atoms. The number of benzene rings is 1. The zero-order valence-corrected chi connectivity index (χ0v) is 9.17. The van der Waals surface area contributed by atoms with Gasteiger partial charge in [0.15, 0.2) is 0 Å². The average molecular weight is 227 g/mol. The summed E-state index contributed by atoms with van der Waals surface area (Å²) >= 11 is 0. The Hall–Kier alpha value is -1.16. The lowest BCUT2D eigenvalue weighted by Crippen LogP contribution is -2.21. The first kappa shape index (κ1) is 11.3. The number of nitrogens with one attached hydrogen (secondary N) is 1. The highest BCUT2D eigenvalue weighted by molar-refractivity contribution is 5.36. The quantitative estimate of drug-likeness (QED) is 0.856. The third kappa shape index (κ3) is 2.50. The molecule has 2 rings (SSSR count). The molecule has 1 aromatic rings. The van der Waals surface area contributed by atoms with Gasteiger partial charge in [0.05, 0.1) is 5.56 Å². The molecule has 1 N–H and O–H groups in total. The van der Waals surface area contributed by atoms with Crippen molar-refractivity contribution in [3.8, 4) is 5.75 Å². The van der Waals surface area contributed by atoms with Crippen LogP contribution in [0.1, 0.15) is 18.9 Å². The molecule has 0 spiro atoms. The number of ether oxygens (including phenoxy) is 1. The van der Waals surface area contributed by atoms with Gasteiger partial charge < -0.3 is 10.1 Å². The van der Waals surface area contributed by atoms with E-state index in [0.717, 1.165) is 26.4 Å². The van der Waals surface area contributed by atoms with Gasteiger partial charge >= 0.3 is 0 Å². The molecule has 2 nitrogen and oxygen atoms in total. The fraction of sp³-hybridized carbons (Fsp3) is 0.500. The summed E-state index contributed by atoms with van der Waals surface area (Å²) in [7, 11) is 0. The minimum Gasteiger partial charge on any atom is -0.489 e. The third-order valence-corrected chi connectivity index (χ3v) is 2.67. The van der Waals surface area contributed by atoms with Crippen molar-refractivity contribution >= 4 is 0 Å². The molecule has 88 valence electrons. The molecular weight excluding hydrogens is 212 g/mol. The molecule has 0 amide bonds. The Morgan fingerprint density at radius 1 is 1.38 bits per heavy atom. The number of hydrogen-bond acceptors (Lipinski definition) is 2. The largest absolute Gasteiger partial charge is 0.489 e. The highest BCUT2D eigenvalue weighted by Crippen LogP contribution is 2.34. The van der Waals surface area contributed by atoms with Gasteiger partial charge in [-0.25, -0.2) is 8.78 Å². The van der Waals surface area contributed by atoms with Crippen molar-refractivity contribution in [1.82, 2.24) is 5.32 Å². The van der Waals surface area contributed by atoms with Crippen LogP contribution in [0.5, 0.6) is 5.75 Å². The van der Waals surface area contributed by atoms with Gasteiger partial charge in [-0.15, -0.1) is 0 Å². The highest BCUT2D eigenvalue weighted by atomic mass is 19.3. The first-order valence-corrected chi connectivity index (χ1v) is 5.42. The van der Waals surface area contributed by atoms with Crippen LogP contribution in [0, 0.1) is 0 Å². The predicted octanol–water partition coefficient (Wildman–Crippen LogP) is 2.54. The van der Waals surface area contributed by atoms with Crippen LogP contribution >= 0.6 is 0 Å². The Kier molecular flexibility index (Phi) is 3.10. The van der Waals surface area contributed by atoms with E-state index < -0.39 is 5.92 Å². The lowest BCUT2D eigenvalue weighted by molar-refractivity contribution is 0.0133. The smallest absolute Gasteiger partial charge is 0.274 e. The highest BCUT2D eigenvalue weighted by Gasteiger charge is 2.29. The lowest BCUT2D eigenvalue weighted by Gasteiger charge is -2.19. The number of rotatable bonds is 3. The second-order valence-corrected chi connectivity index (χ2v) is 4.12. The number of halogens is 2. The standard InChI is InChI=1S/C12H15F2NO/c1-12(13,14)10-4-2-3-5-11(10)16-9-6-7-15-8-9/h2-5,9,15H,6-8H2,1H3. The van der Waals surface area contributed by atoms with Crippen molar-refractivity contribution in [3.63, 3.8) is 0 Å². The second-order valence-electron chi connectivity index (χ2n) is 4.12. The number of alkyl halides is 2. The number of hydrogen-bond donors (Lipinski definition) is 1. The minimum atomic E-state index is -2.86. The lowest BCUT2D eigenvalue weighted by atomic mass is 10.1. The van der Waals surface area contributed by atoms with Crippen molar-refractivity contribution in [1.29, 1.82) is 0 Å². The maximum absolute atomic E-state index is 13.3. The van der Waals surface area contributed by atoms with Crippen LogP contribution in [0.2, 0.25) is 0 Å². The molecule has 0 radical (unpaired) electrons. The summed E-state index contributed by atoms with van der Waals surface area (Å²) in [5.41, 5.74) is -0.0399. The summed E-state index contributed by atoms with van der Waals surface area (Å²) in [6.45, 7) is 2.50. The molecule has 1 aliphatic rings. The molecule has 1 aliphatic heterocycles. The molecule has 0 saturated carbocycles. The van der Waals surface area contributed by atoms with Gasteiger partial charge in [0.1, 0.15) is 11.9 Å². The maximum Gasteiger partial charge on any atom is 0.274 e. The van der Waals surface area contributed by atoms with Crippen LogP contribution in [0.15, 0.2) is 24.3 Å². The van der Waals surface area contributed by atoms with Crippen molar-refractivity contribution in [3.05, 3.63) is 29.8 Å². The number of para-hydroxylation sites is 1. The Morgan fingerprint density at radius 3 is 2.75 bits per heavy atom. The molecule has 0 aromatic heterocycles. The summed E-state index contributed by atoms with van der Waals surface area (Å²) in [5, 5.41) is 3.14. The molecular formula is C12H15F2NO. The van der Waals surface area contributed by atoms with Gasteiger partial charge in [-0.2, -0.15) is 0 Å². The third-order valence-electron chi connectivity index (χ3n) is 2.67.